The Morgan fingerprint density at radius 3 is 2.82 bits per heavy atom. The van der Waals surface area contributed by atoms with E-state index in [2.05, 4.69) is 56.2 Å². The minimum absolute atomic E-state index is 0.782. The number of nitrogens with one attached hydrogen (secondary N) is 1. The van der Waals surface area contributed by atoms with Gasteiger partial charge in [0.05, 0.1) is 5.45 Å². The zero-order valence-corrected chi connectivity index (χ0v) is 9.37. The number of anilines is 1. The van der Waals surface area contributed by atoms with Crippen LogP contribution >= 0.6 is 31.9 Å². The Morgan fingerprint density at radius 2 is 2.18 bits per heavy atom. The minimum atomic E-state index is 0.782. The van der Waals surface area contributed by atoms with Crippen LogP contribution in [0, 0.1) is 6.92 Å². The molecule has 1 N–H and O–H groups in total. The van der Waals surface area contributed by atoms with Crippen molar-refractivity contribution >= 4 is 37.5 Å². The second-order valence-corrected chi connectivity index (χ2v) is 3.75. The van der Waals surface area contributed by atoms with Crippen molar-refractivity contribution in [1.29, 1.82) is 0 Å². The molecule has 60 valence electrons. The van der Waals surface area contributed by atoms with Crippen molar-refractivity contribution in [1.82, 2.24) is 0 Å². The highest BCUT2D eigenvalue weighted by atomic mass is 79.9. The summed E-state index contributed by atoms with van der Waals surface area (Å²) in [6, 6.07) is 6.18. The maximum atomic E-state index is 3.41. The predicted molar refractivity (Wildman–Crippen MR) is 56.3 cm³/mol. The van der Waals surface area contributed by atoms with Crippen molar-refractivity contribution in [3.05, 3.63) is 28.2 Å². The van der Waals surface area contributed by atoms with Gasteiger partial charge in [-0.1, -0.05) is 37.9 Å². The van der Waals surface area contributed by atoms with Crippen LogP contribution < -0.4 is 5.32 Å². The van der Waals surface area contributed by atoms with Gasteiger partial charge in [0.2, 0.25) is 0 Å². The number of alkyl halides is 1. The number of aryl methyl sites for hydroxylation is 1. The number of hydrogen-bond donors (Lipinski definition) is 1. The standard InChI is InChI=1S/C8H9Br2N/c1-6-2-3-7(10)4-8(6)11-5-9/h2-4,11H,5H2,1H3. The van der Waals surface area contributed by atoms with Crippen molar-refractivity contribution in [3.63, 3.8) is 0 Å². The van der Waals surface area contributed by atoms with Gasteiger partial charge in [-0.2, -0.15) is 0 Å². The van der Waals surface area contributed by atoms with Crippen molar-refractivity contribution in [2.24, 2.45) is 0 Å². The van der Waals surface area contributed by atoms with Crippen molar-refractivity contribution in [2.45, 2.75) is 6.92 Å². The molecule has 1 aromatic carbocycles. The third-order valence-corrected chi connectivity index (χ3v) is 2.23. The van der Waals surface area contributed by atoms with Gasteiger partial charge in [-0.15, -0.1) is 0 Å². The number of hydrogen-bond acceptors (Lipinski definition) is 1. The van der Waals surface area contributed by atoms with E-state index < -0.39 is 0 Å². The first-order chi connectivity index (χ1) is 5.24. The number of benzene rings is 1. The van der Waals surface area contributed by atoms with Crippen molar-refractivity contribution < 1.29 is 0 Å². The van der Waals surface area contributed by atoms with E-state index in [-0.39, 0.29) is 0 Å². The van der Waals surface area contributed by atoms with Gasteiger partial charge in [0.15, 0.2) is 0 Å². The summed E-state index contributed by atoms with van der Waals surface area (Å²) in [4.78, 5) is 0. The fourth-order valence-corrected chi connectivity index (χ4v) is 1.52. The van der Waals surface area contributed by atoms with E-state index in [4.69, 9.17) is 0 Å². The molecule has 0 amide bonds. The Bertz CT molecular complexity index is 248. The summed E-state index contributed by atoms with van der Waals surface area (Å²) < 4.78 is 1.10. The lowest BCUT2D eigenvalue weighted by molar-refractivity contribution is 1.38. The van der Waals surface area contributed by atoms with Gasteiger partial charge in [0, 0.05) is 10.2 Å². The summed E-state index contributed by atoms with van der Waals surface area (Å²) in [6.45, 7) is 2.08. The third-order valence-electron chi connectivity index (χ3n) is 1.46. The second-order valence-electron chi connectivity index (χ2n) is 2.27. The zero-order chi connectivity index (χ0) is 8.27. The van der Waals surface area contributed by atoms with E-state index in [1.54, 1.807) is 0 Å². The molecular formula is C8H9Br2N. The van der Waals surface area contributed by atoms with Crippen LogP contribution in [0.5, 0.6) is 0 Å². The molecule has 0 aliphatic heterocycles. The summed E-state index contributed by atoms with van der Waals surface area (Å²) in [6.07, 6.45) is 0. The molecule has 0 aliphatic rings. The van der Waals surface area contributed by atoms with Gasteiger partial charge < -0.3 is 5.32 Å². The maximum Gasteiger partial charge on any atom is 0.0707 e. The topological polar surface area (TPSA) is 12.0 Å². The van der Waals surface area contributed by atoms with E-state index in [1.807, 2.05) is 6.07 Å². The summed E-state index contributed by atoms with van der Waals surface area (Å²) >= 11 is 6.73. The Labute approximate surface area is 83.4 Å². The first-order valence-corrected chi connectivity index (χ1v) is 5.21. The summed E-state index contributed by atoms with van der Waals surface area (Å²) in [5.74, 6) is 0. The highest BCUT2D eigenvalue weighted by Gasteiger charge is 1.95. The molecule has 1 aromatic rings. The molecule has 0 heterocycles. The molecule has 1 rings (SSSR count). The molecular weight excluding hydrogens is 270 g/mol. The molecule has 0 unspecified atom stereocenters. The molecule has 0 saturated carbocycles. The highest BCUT2D eigenvalue weighted by Crippen LogP contribution is 2.20. The van der Waals surface area contributed by atoms with Gasteiger partial charge in [0.25, 0.3) is 0 Å². The monoisotopic (exact) mass is 277 g/mol. The van der Waals surface area contributed by atoms with E-state index in [0.29, 0.717) is 0 Å². The average molecular weight is 279 g/mol. The quantitative estimate of drug-likeness (QED) is 0.645. The van der Waals surface area contributed by atoms with Gasteiger partial charge in [-0.3, -0.25) is 0 Å². The van der Waals surface area contributed by atoms with Gasteiger partial charge in [-0.25, -0.2) is 0 Å². The van der Waals surface area contributed by atoms with E-state index in [9.17, 15) is 0 Å². The predicted octanol–water partition coefficient (Wildman–Crippen LogP) is 3.52. The fourth-order valence-electron chi connectivity index (χ4n) is 0.857. The first-order valence-electron chi connectivity index (χ1n) is 3.30. The number of rotatable bonds is 2. The maximum absolute atomic E-state index is 3.41. The molecule has 0 atom stereocenters. The molecule has 0 radical (unpaired) electrons. The van der Waals surface area contributed by atoms with Crippen LogP contribution in [0.25, 0.3) is 0 Å². The molecule has 0 saturated heterocycles. The molecule has 11 heavy (non-hydrogen) atoms. The molecule has 0 aliphatic carbocycles. The third kappa shape index (κ3) is 2.49. The van der Waals surface area contributed by atoms with E-state index in [0.717, 1.165) is 15.6 Å². The molecule has 0 aromatic heterocycles. The summed E-state index contributed by atoms with van der Waals surface area (Å²) in [5, 5.41) is 3.20. The number of halogens is 2. The smallest absolute Gasteiger partial charge is 0.0707 e. The normalized spacial score (nSPS) is 9.73. The fraction of sp³-hybridized carbons (Fsp3) is 0.250. The lowest BCUT2D eigenvalue weighted by atomic mass is 10.2. The molecule has 0 spiro atoms. The second kappa shape index (κ2) is 4.12. The van der Waals surface area contributed by atoms with Gasteiger partial charge in [-0.05, 0) is 24.6 Å². The SMILES string of the molecule is Cc1ccc(Br)cc1NCBr. The van der Waals surface area contributed by atoms with Crippen molar-refractivity contribution in [2.75, 3.05) is 10.8 Å². The van der Waals surface area contributed by atoms with Crippen LogP contribution in [-0.2, 0) is 0 Å². The van der Waals surface area contributed by atoms with Crippen LogP contribution in [0.2, 0.25) is 0 Å². The lowest BCUT2D eigenvalue weighted by Crippen LogP contribution is -1.95. The van der Waals surface area contributed by atoms with Crippen molar-refractivity contribution in [3.8, 4) is 0 Å². The van der Waals surface area contributed by atoms with Crippen LogP contribution in [-0.4, -0.2) is 5.45 Å². The Kier molecular flexibility index (Phi) is 3.40. The van der Waals surface area contributed by atoms with Crippen LogP contribution in [0.3, 0.4) is 0 Å². The van der Waals surface area contributed by atoms with E-state index >= 15 is 0 Å². The van der Waals surface area contributed by atoms with Gasteiger partial charge >= 0.3 is 0 Å². The van der Waals surface area contributed by atoms with Gasteiger partial charge in [0.1, 0.15) is 0 Å². The largest absolute Gasteiger partial charge is 0.375 e. The average Bonchev–Trinajstić information content (AvgIpc) is 1.98. The van der Waals surface area contributed by atoms with E-state index in [1.165, 1.54) is 5.56 Å². The first kappa shape index (κ1) is 9.07. The lowest BCUT2D eigenvalue weighted by Gasteiger charge is -2.05. The Hall–Kier alpha value is -0.0200. The zero-order valence-electron chi connectivity index (χ0n) is 6.20. The summed E-state index contributed by atoms with van der Waals surface area (Å²) in [7, 11) is 0. The molecule has 1 nitrogen and oxygen atoms in total. The molecule has 0 bridgehead atoms. The van der Waals surface area contributed by atoms with Crippen LogP contribution in [0.1, 0.15) is 5.56 Å². The van der Waals surface area contributed by atoms with Crippen LogP contribution in [0.4, 0.5) is 5.69 Å². The van der Waals surface area contributed by atoms with Crippen LogP contribution in [0.15, 0.2) is 22.7 Å². The highest BCUT2D eigenvalue weighted by molar-refractivity contribution is 9.10. The summed E-state index contributed by atoms with van der Waals surface area (Å²) in [5.41, 5.74) is 3.20. The molecule has 3 heteroatoms. The Morgan fingerprint density at radius 1 is 1.45 bits per heavy atom. The Balaban J connectivity index is 2.93. The minimum Gasteiger partial charge on any atom is -0.375 e. The molecule has 0 fully saturated rings.